The van der Waals surface area contributed by atoms with Gasteiger partial charge in [0.25, 0.3) is 0 Å². The van der Waals surface area contributed by atoms with Crippen LogP contribution in [0.25, 0.3) is 0 Å². The van der Waals surface area contributed by atoms with Crippen LogP contribution in [0.2, 0.25) is 0 Å². The summed E-state index contributed by atoms with van der Waals surface area (Å²) in [5, 5.41) is 6.99. The molecule has 0 bridgehead atoms. The molecule has 0 unspecified atom stereocenters. The van der Waals surface area contributed by atoms with Crippen molar-refractivity contribution >= 4 is 11.4 Å². The third-order valence-electron chi connectivity index (χ3n) is 3.56. The zero-order valence-electron chi connectivity index (χ0n) is 12.5. The van der Waals surface area contributed by atoms with Gasteiger partial charge in [0.05, 0.1) is 0 Å². The van der Waals surface area contributed by atoms with Gasteiger partial charge in [-0.1, -0.05) is 66.7 Å². The maximum Gasteiger partial charge on any atom is 0.0429 e. The van der Waals surface area contributed by atoms with Crippen LogP contribution in [0.1, 0.15) is 11.1 Å². The maximum absolute atomic E-state index is 3.50. The van der Waals surface area contributed by atoms with Gasteiger partial charge in [0.2, 0.25) is 0 Å². The van der Waals surface area contributed by atoms with E-state index < -0.39 is 0 Å². The maximum atomic E-state index is 3.50. The lowest BCUT2D eigenvalue weighted by Crippen LogP contribution is -2.13. The van der Waals surface area contributed by atoms with E-state index in [-0.39, 0.29) is 0 Å². The van der Waals surface area contributed by atoms with Crippen molar-refractivity contribution in [3.8, 4) is 0 Å². The predicted molar refractivity (Wildman–Crippen MR) is 93.2 cm³/mol. The molecular formula is C20H20N2. The first-order valence-corrected chi connectivity index (χ1v) is 7.56. The van der Waals surface area contributed by atoms with E-state index >= 15 is 0 Å². The molecule has 0 radical (unpaired) electrons. The molecule has 0 aliphatic heterocycles. The Morgan fingerprint density at radius 2 is 1.23 bits per heavy atom. The molecule has 0 saturated heterocycles. The molecule has 3 aromatic carbocycles. The van der Waals surface area contributed by atoms with Gasteiger partial charge in [0, 0.05) is 24.5 Å². The van der Waals surface area contributed by atoms with Crippen LogP contribution >= 0.6 is 0 Å². The normalized spacial score (nSPS) is 10.4. The van der Waals surface area contributed by atoms with E-state index in [2.05, 4.69) is 71.3 Å². The van der Waals surface area contributed by atoms with E-state index in [9.17, 15) is 0 Å². The smallest absolute Gasteiger partial charge is 0.0429 e. The Balaban J connectivity index is 1.64. The van der Waals surface area contributed by atoms with Crippen LogP contribution in [0, 0.1) is 0 Å². The monoisotopic (exact) mass is 288 g/mol. The molecule has 2 nitrogen and oxygen atoms in total. The zero-order valence-corrected chi connectivity index (χ0v) is 12.5. The molecular weight excluding hydrogens is 268 g/mol. The van der Waals surface area contributed by atoms with Gasteiger partial charge in [0.1, 0.15) is 0 Å². The number of nitrogens with one attached hydrogen (secondary N) is 2. The fraction of sp³-hybridized carbons (Fsp3) is 0.100. The molecule has 0 aliphatic rings. The highest BCUT2D eigenvalue weighted by molar-refractivity contribution is 5.62. The molecule has 3 aromatic rings. The lowest BCUT2D eigenvalue weighted by Gasteiger charge is -2.13. The van der Waals surface area contributed by atoms with Crippen molar-refractivity contribution in [2.45, 2.75) is 13.1 Å². The standard InChI is InChI=1S/C20H20N2/c1-3-9-17(10-4-1)15-21-16-18-11-7-8-14-20(18)22-19-12-5-2-6-13-19/h1-14,21-22H,15-16H2. The van der Waals surface area contributed by atoms with Crippen molar-refractivity contribution in [1.82, 2.24) is 5.32 Å². The summed E-state index contributed by atoms with van der Waals surface area (Å²) in [6.07, 6.45) is 0. The second-order valence-corrected chi connectivity index (χ2v) is 5.24. The molecule has 3 rings (SSSR count). The van der Waals surface area contributed by atoms with Crippen LogP contribution in [0.3, 0.4) is 0 Å². The molecule has 0 aromatic heterocycles. The van der Waals surface area contributed by atoms with E-state index in [1.165, 1.54) is 11.1 Å². The third-order valence-corrected chi connectivity index (χ3v) is 3.56. The summed E-state index contributed by atoms with van der Waals surface area (Å²) < 4.78 is 0. The van der Waals surface area contributed by atoms with Gasteiger partial charge in [0.15, 0.2) is 0 Å². The van der Waals surface area contributed by atoms with Crippen molar-refractivity contribution < 1.29 is 0 Å². The van der Waals surface area contributed by atoms with Crippen molar-refractivity contribution in [1.29, 1.82) is 0 Å². The van der Waals surface area contributed by atoms with Crippen molar-refractivity contribution in [2.24, 2.45) is 0 Å². The van der Waals surface area contributed by atoms with Gasteiger partial charge >= 0.3 is 0 Å². The Labute approximate surface area is 131 Å². The van der Waals surface area contributed by atoms with E-state index in [0.29, 0.717) is 0 Å². The first-order chi connectivity index (χ1) is 10.9. The van der Waals surface area contributed by atoms with E-state index in [4.69, 9.17) is 0 Å². The number of rotatable bonds is 6. The number of benzene rings is 3. The largest absolute Gasteiger partial charge is 0.355 e. The lowest BCUT2D eigenvalue weighted by molar-refractivity contribution is 0.694. The molecule has 0 saturated carbocycles. The average Bonchev–Trinajstić information content (AvgIpc) is 2.58. The lowest BCUT2D eigenvalue weighted by atomic mass is 10.1. The van der Waals surface area contributed by atoms with Crippen LogP contribution < -0.4 is 10.6 Å². The Morgan fingerprint density at radius 1 is 0.591 bits per heavy atom. The van der Waals surface area contributed by atoms with Crippen LogP contribution in [-0.2, 0) is 13.1 Å². The minimum absolute atomic E-state index is 0.838. The third kappa shape index (κ3) is 3.96. The molecule has 0 amide bonds. The zero-order chi connectivity index (χ0) is 15.0. The average molecular weight is 288 g/mol. The van der Waals surface area contributed by atoms with E-state index in [1.54, 1.807) is 0 Å². The SMILES string of the molecule is c1ccc(CNCc2ccccc2Nc2ccccc2)cc1. The van der Waals surface area contributed by atoms with Crippen LogP contribution in [0.4, 0.5) is 11.4 Å². The first kappa shape index (κ1) is 14.4. The van der Waals surface area contributed by atoms with Gasteiger partial charge < -0.3 is 10.6 Å². The quantitative estimate of drug-likeness (QED) is 0.686. The van der Waals surface area contributed by atoms with Crippen molar-refractivity contribution in [3.05, 3.63) is 96.1 Å². The topological polar surface area (TPSA) is 24.1 Å². The summed E-state index contributed by atoms with van der Waals surface area (Å²) in [6.45, 7) is 1.71. The molecule has 0 heterocycles. The van der Waals surface area contributed by atoms with Gasteiger partial charge in [-0.05, 0) is 29.3 Å². The predicted octanol–water partition coefficient (Wildman–Crippen LogP) is 4.72. The van der Waals surface area contributed by atoms with Crippen LogP contribution in [-0.4, -0.2) is 0 Å². The van der Waals surface area contributed by atoms with Crippen molar-refractivity contribution in [3.63, 3.8) is 0 Å². The summed E-state index contributed by atoms with van der Waals surface area (Å²) in [6, 6.07) is 29.1. The molecule has 0 aliphatic carbocycles. The summed E-state index contributed by atoms with van der Waals surface area (Å²) in [5.74, 6) is 0. The molecule has 110 valence electrons. The number of hydrogen-bond donors (Lipinski definition) is 2. The molecule has 0 spiro atoms. The molecule has 2 heteroatoms. The second-order valence-electron chi connectivity index (χ2n) is 5.24. The minimum atomic E-state index is 0.838. The van der Waals surface area contributed by atoms with Crippen LogP contribution in [0.5, 0.6) is 0 Å². The number of hydrogen-bond acceptors (Lipinski definition) is 2. The van der Waals surface area contributed by atoms with Gasteiger partial charge in [-0.2, -0.15) is 0 Å². The number of anilines is 2. The summed E-state index contributed by atoms with van der Waals surface area (Å²) in [5.41, 5.74) is 4.82. The molecule has 2 N–H and O–H groups in total. The van der Waals surface area contributed by atoms with E-state index in [0.717, 1.165) is 24.5 Å². The van der Waals surface area contributed by atoms with E-state index in [1.807, 2.05) is 24.3 Å². The highest BCUT2D eigenvalue weighted by atomic mass is 14.9. The molecule has 0 fully saturated rings. The van der Waals surface area contributed by atoms with Gasteiger partial charge in [-0.3, -0.25) is 0 Å². The number of para-hydroxylation sites is 2. The summed E-state index contributed by atoms with van der Waals surface area (Å²) >= 11 is 0. The minimum Gasteiger partial charge on any atom is -0.355 e. The summed E-state index contributed by atoms with van der Waals surface area (Å²) in [4.78, 5) is 0. The highest BCUT2D eigenvalue weighted by Crippen LogP contribution is 2.20. The first-order valence-electron chi connectivity index (χ1n) is 7.56. The Morgan fingerprint density at radius 3 is 2.00 bits per heavy atom. The molecule has 22 heavy (non-hydrogen) atoms. The highest BCUT2D eigenvalue weighted by Gasteiger charge is 2.02. The summed E-state index contributed by atoms with van der Waals surface area (Å²) in [7, 11) is 0. The Kier molecular flexibility index (Phi) is 4.85. The van der Waals surface area contributed by atoms with Crippen LogP contribution in [0.15, 0.2) is 84.9 Å². The fourth-order valence-electron chi connectivity index (χ4n) is 2.41. The van der Waals surface area contributed by atoms with Gasteiger partial charge in [-0.15, -0.1) is 0 Å². The van der Waals surface area contributed by atoms with Crippen molar-refractivity contribution in [2.75, 3.05) is 5.32 Å². The Bertz CT molecular complexity index is 693. The Hall–Kier alpha value is -2.58. The molecule has 0 atom stereocenters. The van der Waals surface area contributed by atoms with Gasteiger partial charge in [-0.25, -0.2) is 0 Å². The second kappa shape index (κ2) is 7.43. The fourth-order valence-corrected chi connectivity index (χ4v) is 2.41.